The molecule has 228 valence electrons. The monoisotopic (exact) mass is 593 g/mol. The van der Waals surface area contributed by atoms with Crippen molar-refractivity contribution in [1.82, 2.24) is 25.3 Å². The van der Waals surface area contributed by atoms with Gasteiger partial charge in [0, 0.05) is 26.6 Å². The molecule has 0 unspecified atom stereocenters. The van der Waals surface area contributed by atoms with E-state index in [0.29, 0.717) is 35.7 Å². The normalized spacial score (nSPS) is 19.4. The highest BCUT2D eigenvalue weighted by atomic mass is 16.5. The van der Waals surface area contributed by atoms with Crippen molar-refractivity contribution >= 4 is 17.8 Å². The van der Waals surface area contributed by atoms with E-state index in [-0.39, 0.29) is 24.4 Å². The summed E-state index contributed by atoms with van der Waals surface area (Å²) in [4.78, 5) is 46.7. The first-order valence-corrected chi connectivity index (χ1v) is 15.4. The summed E-state index contributed by atoms with van der Waals surface area (Å²) in [5.74, 6) is 0.852. The summed E-state index contributed by atoms with van der Waals surface area (Å²) in [5.41, 5.74) is 2.78. The van der Waals surface area contributed by atoms with E-state index in [1.807, 2.05) is 84.9 Å². The summed E-state index contributed by atoms with van der Waals surface area (Å²) >= 11 is 0. The Morgan fingerprint density at radius 1 is 0.932 bits per heavy atom. The Labute approximate surface area is 258 Å². The lowest BCUT2D eigenvalue weighted by atomic mass is 9.95. The minimum atomic E-state index is -0.728. The lowest BCUT2D eigenvalue weighted by Crippen LogP contribution is -2.51. The third-order valence-corrected chi connectivity index (χ3v) is 8.69. The number of piperidine rings is 1. The molecule has 3 aliphatic heterocycles. The first-order chi connectivity index (χ1) is 21.5. The third-order valence-electron chi connectivity index (χ3n) is 8.69. The Balaban J connectivity index is 1.25. The standard InChI is InChI=1S/C35H39N5O4/c1-38-30-24-40(29(22-25-12-5-2-6-13-25)33(41)36-18-21-39-19-9-4-10-20-39)34(42)31(30)32(37-35(38)43)26-14-11-17-28(23-26)44-27-15-7-3-8-16-27/h2-3,5-8,11-17,23,29,32H,4,9-10,18-22,24H2,1H3,(H,36,41)(H,37,43)/t29-,32-/m1/s1. The van der Waals surface area contributed by atoms with E-state index in [4.69, 9.17) is 4.74 Å². The maximum Gasteiger partial charge on any atom is 0.322 e. The van der Waals surface area contributed by atoms with Crippen LogP contribution in [-0.4, -0.2) is 78.4 Å². The summed E-state index contributed by atoms with van der Waals surface area (Å²) in [6, 6.07) is 24.9. The zero-order chi connectivity index (χ0) is 30.5. The number of para-hydroxylation sites is 1. The summed E-state index contributed by atoms with van der Waals surface area (Å²) < 4.78 is 6.04. The summed E-state index contributed by atoms with van der Waals surface area (Å²) in [5, 5.41) is 6.12. The Morgan fingerprint density at radius 3 is 2.39 bits per heavy atom. The lowest BCUT2D eigenvalue weighted by Gasteiger charge is -2.31. The number of carbonyl (C=O) groups is 3. The molecule has 44 heavy (non-hydrogen) atoms. The Morgan fingerprint density at radius 2 is 1.64 bits per heavy atom. The van der Waals surface area contributed by atoms with Crippen LogP contribution in [0.15, 0.2) is 96.2 Å². The molecule has 2 atom stereocenters. The number of urea groups is 1. The van der Waals surface area contributed by atoms with E-state index in [0.717, 1.165) is 30.8 Å². The smallest absolute Gasteiger partial charge is 0.322 e. The molecule has 9 heteroatoms. The van der Waals surface area contributed by atoms with E-state index in [9.17, 15) is 14.4 Å². The SMILES string of the molecule is CN1C(=O)N[C@H](c2cccc(Oc3ccccc3)c2)C2=C1CN([C@H](Cc1ccccc1)C(=O)NCCN1CCCCC1)C2=O. The number of hydrogen-bond donors (Lipinski definition) is 2. The van der Waals surface area contributed by atoms with Gasteiger partial charge in [0.25, 0.3) is 5.91 Å². The number of hydrogen-bond acceptors (Lipinski definition) is 5. The van der Waals surface area contributed by atoms with Crippen LogP contribution in [0.25, 0.3) is 0 Å². The molecule has 9 nitrogen and oxygen atoms in total. The molecule has 2 N–H and O–H groups in total. The molecule has 4 amide bonds. The van der Waals surface area contributed by atoms with E-state index < -0.39 is 12.1 Å². The van der Waals surface area contributed by atoms with Crippen LogP contribution >= 0.6 is 0 Å². The second-order valence-electron chi connectivity index (χ2n) is 11.6. The van der Waals surface area contributed by atoms with Crippen LogP contribution in [0.4, 0.5) is 4.79 Å². The highest BCUT2D eigenvalue weighted by Gasteiger charge is 2.46. The van der Waals surface area contributed by atoms with Crippen LogP contribution in [0.3, 0.4) is 0 Å². The van der Waals surface area contributed by atoms with Gasteiger partial charge in [0.05, 0.1) is 23.9 Å². The number of amides is 4. The molecule has 1 saturated heterocycles. The molecule has 0 aromatic heterocycles. The second-order valence-corrected chi connectivity index (χ2v) is 11.6. The van der Waals surface area contributed by atoms with Gasteiger partial charge in [-0.3, -0.25) is 14.5 Å². The van der Waals surface area contributed by atoms with Gasteiger partial charge in [-0.1, -0.05) is 67.1 Å². The van der Waals surface area contributed by atoms with Crippen molar-refractivity contribution in [3.8, 4) is 11.5 Å². The molecule has 3 aromatic rings. The number of rotatable bonds is 10. The molecular weight excluding hydrogens is 554 g/mol. The Kier molecular flexibility index (Phi) is 8.93. The van der Waals surface area contributed by atoms with E-state index >= 15 is 0 Å². The largest absolute Gasteiger partial charge is 0.457 e. The van der Waals surface area contributed by atoms with Crippen LogP contribution in [0, 0.1) is 0 Å². The van der Waals surface area contributed by atoms with Crippen LogP contribution in [0.5, 0.6) is 11.5 Å². The quantitative estimate of drug-likeness (QED) is 0.362. The minimum Gasteiger partial charge on any atom is -0.457 e. The topological polar surface area (TPSA) is 94.2 Å². The fourth-order valence-electron chi connectivity index (χ4n) is 6.29. The van der Waals surface area contributed by atoms with Gasteiger partial charge in [0.1, 0.15) is 17.5 Å². The fourth-order valence-corrected chi connectivity index (χ4v) is 6.29. The maximum atomic E-state index is 14.3. The molecule has 3 aromatic carbocycles. The molecular formula is C35H39N5O4. The van der Waals surface area contributed by atoms with Gasteiger partial charge < -0.3 is 25.2 Å². The van der Waals surface area contributed by atoms with Crippen molar-refractivity contribution in [3.63, 3.8) is 0 Å². The first kappa shape index (κ1) is 29.4. The van der Waals surface area contributed by atoms with Gasteiger partial charge in [-0.05, 0) is 61.3 Å². The number of likely N-dealkylation sites (tertiary alicyclic amines) is 1. The molecule has 3 aliphatic rings. The molecule has 0 saturated carbocycles. The number of likely N-dealkylation sites (N-methyl/N-ethyl adjacent to an activating group) is 1. The van der Waals surface area contributed by atoms with Crippen molar-refractivity contribution < 1.29 is 19.1 Å². The molecule has 0 radical (unpaired) electrons. The van der Waals surface area contributed by atoms with Crippen LogP contribution in [0.1, 0.15) is 36.4 Å². The minimum absolute atomic E-state index is 0.172. The average Bonchev–Trinajstić information content (AvgIpc) is 3.40. The highest BCUT2D eigenvalue weighted by molar-refractivity contribution is 6.03. The van der Waals surface area contributed by atoms with E-state index in [1.54, 1.807) is 11.9 Å². The van der Waals surface area contributed by atoms with Gasteiger partial charge in [-0.25, -0.2) is 4.79 Å². The second kappa shape index (κ2) is 13.3. The molecule has 6 rings (SSSR count). The van der Waals surface area contributed by atoms with Crippen LogP contribution in [-0.2, 0) is 16.0 Å². The number of carbonyl (C=O) groups excluding carboxylic acids is 3. The fraction of sp³-hybridized carbons (Fsp3) is 0.343. The molecule has 1 fully saturated rings. The number of nitrogens with zero attached hydrogens (tertiary/aromatic N) is 3. The number of benzene rings is 3. The predicted octanol–water partition coefficient (Wildman–Crippen LogP) is 4.48. The summed E-state index contributed by atoms with van der Waals surface area (Å²) in [6.45, 7) is 3.59. The maximum absolute atomic E-state index is 14.3. The zero-order valence-electron chi connectivity index (χ0n) is 25.1. The van der Waals surface area contributed by atoms with Crippen molar-refractivity contribution in [2.24, 2.45) is 0 Å². The predicted molar refractivity (Wildman–Crippen MR) is 168 cm³/mol. The average molecular weight is 594 g/mol. The zero-order valence-corrected chi connectivity index (χ0v) is 25.1. The lowest BCUT2D eigenvalue weighted by molar-refractivity contribution is -0.136. The third kappa shape index (κ3) is 6.48. The highest BCUT2D eigenvalue weighted by Crippen LogP contribution is 2.38. The van der Waals surface area contributed by atoms with Gasteiger partial charge in [0.2, 0.25) is 5.91 Å². The molecule has 0 aliphatic carbocycles. The summed E-state index contributed by atoms with van der Waals surface area (Å²) in [7, 11) is 1.66. The van der Waals surface area contributed by atoms with E-state index in [2.05, 4.69) is 15.5 Å². The van der Waals surface area contributed by atoms with Crippen LogP contribution in [0.2, 0.25) is 0 Å². The van der Waals surface area contributed by atoms with Gasteiger partial charge >= 0.3 is 6.03 Å². The Hall–Kier alpha value is -4.63. The molecule has 0 spiro atoms. The Bertz CT molecular complexity index is 1520. The van der Waals surface area contributed by atoms with Crippen molar-refractivity contribution in [2.45, 2.75) is 37.8 Å². The first-order valence-electron chi connectivity index (χ1n) is 15.4. The van der Waals surface area contributed by atoms with Gasteiger partial charge in [-0.15, -0.1) is 0 Å². The number of nitrogens with one attached hydrogen (secondary N) is 2. The van der Waals surface area contributed by atoms with Gasteiger partial charge in [-0.2, -0.15) is 0 Å². The van der Waals surface area contributed by atoms with Gasteiger partial charge in [0.15, 0.2) is 0 Å². The van der Waals surface area contributed by atoms with Crippen molar-refractivity contribution in [1.29, 1.82) is 0 Å². The van der Waals surface area contributed by atoms with Crippen molar-refractivity contribution in [3.05, 3.63) is 107 Å². The van der Waals surface area contributed by atoms with Crippen molar-refractivity contribution in [2.75, 3.05) is 39.8 Å². The molecule has 3 heterocycles. The van der Waals surface area contributed by atoms with Crippen LogP contribution < -0.4 is 15.4 Å². The number of ether oxygens (including phenoxy) is 1. The van der Waals surface area contributed by atoms with E-state index in [1.165, 1.54) is 24.2 Å². The molecule has 0 bridgehead atoms. The summed E-state index contributed by atoms with van der Waals surface area (Å²) in [6.07, 6.45) is 4.01.